The number of rotatable bonds is 5. The molecule has 2 fully saturated rings. The van der Waals surface area contributed by atoms with Crippen LogP contribution in [-0.2, 0) is 4.79 Å². The molecule has 0 radical (unpaired) electrons. The largest absolute Gasteiger partial charge is 0.409 e. The van der Waals surface area contributed by atoms with Gasteiger partial charge in [0.05, 0.1) is 0 Å². The van der Waals surface area contributed by atoms with Crippen LogP contribution in [-0.4, -0.2) is 59.0 Å². The Bertz CT molecular complexity index is 400. The molecule has 0 bridgehead atoms. The van der Waals surface area contributed by atoms with E-state index >= 15 is 0 Å². The van der Waals surface area contributed by atoms with E-state index in [1.165, 1.54) is 0 Å². The molecule has 0 aromatic heterocycles. The van der Waals surface area contributed by atoms with Crippen molar-refractivity contribution >= 4 is 11.7 Å². The highest BCUT2D eigenvalue weighted by Gasteiger charge is 2.48. The van der Waals surface area contributed by atoms with Gasteiger partial charge in [0.2, 0.25) is 5.91 Å². The lowest BCUT2D eigenvalue weighted by molar-refractivity contribution is -0.137. The van der Waals surface area contributed by atoms with Crippen molar-refractivity contribution < 1.29 is 10.0 Å². The number of amidine groups is 1. The summed E-state index contributed by atoms with van der Waals surface area (Å²) in [6, 6.07) is 0.440. The fourth-order valence-corrected chi connectivity index (χ4v) is 3.92. The number of nitrogens with zero attached hydrogens (tertiary/aromatic N) is 3. The van der Waals surface area contributed by atoms with Gasteiger partial charge in [-0.1, -0.05) is 31.8 Å². The van der Waals surface area contributed by atoms with E-state index in [1.54, 1.807) is 0 Å². The van der Waals surface area contributed by atoms with Gasteiger partial charge >= 0.3 is 0 Å². The number of nitrogens with two attached hydrogens (primary N) is 1. The summed E-state index contributed by atoms with van der Waals surface area (Å²) in [4.78, 5) is 17.3. The molecule has 0 aromatic carbocycles. The highest BCUT2D eigenvalue weighted by Crippen LogP contribution is 2.40. The molecule has 1 aliphatic carbocycles. The fourth-order valence-electron chi connectivity index (χ4n) is 3.92. The summed E-state index contributed by atoms with van der Waals surface area (Å²) in [6.45, 7) is 7.87. The lowest BCUT2D eigenvalue weighted by Gasteiger charge is -2.32. The van der Waals surface area contributed by atoms with Crippen LogP contribution in [0.5, 0.6) is 0 Å². The molecule has 1 unspecified atom stereocenters. The molecule has 1 aliphatic heterocycles. The number of likely N-dealkylation sites (tertiary alicyclic amines) is 1. The third-order valence-corrected chi connectivity index (χ3v) is 5.24. The van der Waals surface area contributed by atoms with Gasteiger partial charge in [-0.15, -0.1) is 0 Å². The third-order valence-electron chi connectivity index (χ3n) is 5.24. The van der Waals surface area contributed by atoms with Gasteiger partial charge in [-0.05, 0) is 32.4 Å². The molecule has 6 heteroatoms. The minimum absolute atomic E-state index is 0.0601. The second-order valence-corrected chi connectivity index (χ2v) is 6.19. The Morgan fingerprint density at radius 2 is 2.00 bits per heavy atom. The lowest BCUT2D eigenvalue weighted by Crippen LogP contribution is -2.50. The summed E-state index contributed by atoms with van der Waals surface area (Å²) in [5, 5.41) is 12.2. The smallest absolute Gasteiger partial charge is 0.236 e. The first-order valence-electron chi connectivity index (χ1n) is 8.10. The van der Waals surface area contributed by atoms with E-state index in [1.807, 2.05) is 4.90 Å². The summed E-state index contributed by atoms with van der Waals surface area (Å²) in [6.07, 6.45) is 4.35. The standard InChI is InChI=1S/C15H28N4O2/c1-3-18(4-2)12-7-10-19(11-12)14(20)15(13(16)17-21)8-5-6-9-15/h12,21H,3-11H2,1-2H3,(H2,16,17). The molecule has 21 heavy (non-hydrogen) atoms. The average molecular weight is 296 g/mol. The second-order valence-electron chi connectivity index (χ2n) is 6.19. The van der Waals surface area contributed by atoms with Gasteiger partial charge in [0.1, 0.15) is 5.41 Å². The van der Waals surface area contributed by atoms with Crippen molar-refractivity contribution in [2.45, 2.75) is 52.0 Å². The Labute approximate surface area is 127 Å². The maximum atomic E-state index is 13.0. The summed E-state index contributed by atoms with van der Waals surface area (Å²) >= 11 is 0. The number of hydrogen-bond donors (Lipinski definition) is 2. The van der Waals surface area contributed by atoms with E-state index in [0.29, 0.717) is 18.9 Å². The van der Waals surface area contributed by atoms with Crippen molar-refractivity contribution in [3.8, 4) is 0 Å². The molecular formula is C15H28N4O2. The van der Waals surface area contributed by atoms with Crippen LogP contribution in [0.25, 0.3) is 0 Å². The van der Waals surface area contributed by atoms with E-state index in [9.17, 15) is 4.79 Å². The Balaban J connectivity index is 2.10. The first-order chi connectivity index (χ1) is 10.1. The van der Waals surface area contributed by atoms with Crippen molar-refractivity contribution in [3.05, 3.63) is 0 Å². The van der Waals surface area contributed by atoms with Crippen LogP contribution < -0.4 is 5.73 Å². The Morgan fingerprint density at radius 1 is 1.38 bits per heavy atom. The van der Waals surface area contributed by atoms with E-state index in [2.05, 4.69) is 23.9 Å². The summed E-state index contributed by atoms with van der Waals surface area (Å²) < 4.78 is 0. The van der Waals surface area contributed by atoms with Crippen molar-refractivity contribution in [2.75, 3.05) is 26.2 Å². The van der Waals surface area contributed by atoms with Crippen molar-refractivity contribution in [2.24, 2.45) is 16.3 Å². The molecule has 6 nitrogen and oxygen atoms in total. The zero-order valence-corrected chi connectivity index (χ0v) is 13.2. The van der Waals surface area contributed by atoms with Gasteiger partial charge in [-0.2, -0.15) is 0 Å². The first kappa shape index (κ1) is 16.1. The zero-order chi connectivity index (χ0) is 15.5. The third kappa shape index (κ3) is 2.86. The van der Waals surface area contributed by atoms with Crippen LogP contribution in [0, 0.1) is 5.41 Å². The molecule has 0 aromatic rings. The van der Waals surface area contributed by atoms with E-state index in [-0.39, 0.29) is 11.7 Å². The molecule has 1 amide bonds. The summed E-state index contributed by atoms with van der Waals surface area (Å²) in [5.41, 5.74) is 5.11. The van der Waals surface area contributed by atoms with Gasteiger partial charge in [0, 0.05) is 19.1 Å². The maximum absolute atomic E-state index is 13.0. The molecule has 3 N–H and O–H groups in total. The quantitative estimate of drug-likeness (QED) is 0.346. The SMILES string of the molecule is CCN(CC)C1CCN(C(=O)C2(C(N)=NO)CCCC2)C1. The molecule has 120 valence electrons. The average Bonchev–Trinajstić information content (AvgIpc) is 3.17. The maximum Gasteiger partial charge on any atom is 0.236 e. The fraction of sp³-hybridized carbons (Fsp3) is 0.867. The summed E-state index contributed by atoms with van der Waals surface area (Å²) in [7, 11) is 0. The lowest BCUT2D eigenvalue weighted by atomic mass is 9.83. The van der Waals surface area contributed by atoms with E-state index in [0.717, 1.165) is 45.4 Å². The molecule has 2 rings (SSSR count). The zero-order valence-electron chi connectivity index (χ0n) is 13.2. The van der Waals surface area contributed by atoms with Crippen molar-refractivity contribution in [3.63, 3.8) is 0 Å². The number of likely N-dealkylation sites (N-methyl/N-ethyl adjacent to an activating group) is 1. The highest BCUT2D eigenvalue weighted by atomic mass is 16.4. The van der Waals surface area contributed by atoms with Gasteiger partial charge < -0.3 is 15.8 Å². The van der Waals surface area contributed by atoms with Crippen LogP contribution in [0.2, 0.25) is 0 Å². The highest BCUT2D eigenvalue weighted by molar-refractivity contribution is 6.07. The van der Waals surface area contributed by atoms with Crippen LogP contribution in [0.4, 0.5) is 0 Å². The molecule has 1 atom stereocenters. The monoisotopic (exact) mass is 296 g/mol. The van der Waals surface area contributed by atoms with E-state index < -0.39 is 5.41 Å². The predicted molar refractivity (Wildman–Crippen MR) is 82.2 cm³/mol. The number of hydrogen-bond acceptors (Lipinski definition) is 4. The van der Waals surface area contributed by atoms with Gasteiger partial charge in [0.25, 0.3) is 0 Å². The molecule has 1 saturated heterocycles. The number of carbonyl (C=O) groups excluding carboxylic acids is 1. The Morgan fingerprint density at radius 3 is 2.52 bits per heavy atom. The summed E-state index contributed by atoms with van der Waals surface area (Å²) in [5.74, 6) is 0.154. The Kier molecular flexibility index (Phi) is 5.08. The minimum Gasteiger partial charge on any atom is -0.409 e. The first-order valence-corrected chi connectivity index (χ1v) is 8.10. The van der Waals surface area contributed by atoms with Crippen LogP contribution in [0.1, 0.15) is 46.0 Å². The van der Waals surface area contributed by atoms with Crippen LogP contribution in [0.15, 0.2) is 5.16 Å². The van der Waals surface area contributed by atoms with Gasteiger partial charge in [-0.3, -0.25) is 9.69 Å². The molecule has 1 heterocycles. The van der Waals surface area contributed by atoms with Gasteiger partial charge in [0.15, 0.2) is 5.84 Å². The van der Waals surface area contributed by atoms with E-state index in [4.69, 9.17) is 10.9 Å². The molecule has 2 aliphatic rings. The molecular weight excluding hydrogens is 268 g/mol. The van der Waals surface area contributed by atoms with Crippen molar-refractivity contribution in [1.29, 1.82) is 0 Å². The Hall–Kier alpha value is -1.30. The van der Waals surface area contributed by atoms with Gasteiger partial charge in [-0.25, -0.2) is 0 Å². The number of carbonyl (C=O) groups is 1. The molecule has 1 saturated carbocycles. The van der Waals surface area contributed by atoms with Crippen molar-refractivity contribution in [1.82, 2.24) is 9.80 Å². The second kappa shape index (κ2) is 6.64. The predicted octanol–water partition coefficient (Wildman–Crippen LogP) is 1.24. The van der Waals surface area contributed by atoms with Crippen LogP contribution in [0.3, 0.4) is 0 Å². The minimum atomic E-state index is -0.757. The van der Waals surface area contributed by atoms with Crippen LogP contribution >= 0.6 is 0 Å². The normalized spacial score (nSPS) is 25.8. The molecule has 0 spiro atoms. The number of oxime groups is 1. The number of amides is 1. The topological polar surface area (TPSA) is 82.2 Å².